The highest BCUT2D eigenvalue weighted by Crippen LogP contribution is 2.26. The van der Waals surface area contributed by atoms with Crippen molar-refractivity contribution in [1.29, 1.82) is 0 Å². The molecular formula is C26H29N5O2S. The van der Waals surface area contributed by atoms with Crippen LogP contribution in [0, 0.1) is 5.92 Å². The van der Waals surface area contributed by atoms with Crippen molar-refractivity contribution in [2.45, 2.75) is 56.0 Å². The summed E-state index contributed by atoms with van der Waals surface area (Å²) in [5.74, 6) is 1.07. The molecule has 0 spiro atoms. The summed E-state index contributed by atoms with van der Waals surface area (Å²) in [6.07, 6.45) is 6.21. The highest BCUT2D eigenvalue weighted by atomic mass is 32.2. The van der Waals surface area contributed by atoms with Crippen LogP contribution in [0.4, 0.5) is 0 Å². The Morgan fingerprint density at radius 2 is 1.79 bits per heavy atom. The van der Waals surface area contributed by atoms with Crippen LogP contribution in [0.25, 0.3) is 16.7 Å². The predicted molar refractivity (Wildman–Crippen MR) is 135 cm³/mol. The minimum atomic E-state index is -0.329. The van der Waals surface area contributed by atoms with Gasteiger partial charge in [0.2, 0.25) is 11.7 Å². The molecule has 34 heavy (non-hydrogen) atoms. The van der Waals surface area contributed by atoms with Crippen molar-refractivity contribution in [2.24, 2.45) is 5.92 Å². The summed E-state index contributed by atoms with van der Waals surface area (Å²) >= 11 is 1.37. The lowest BCUT2D eigenvalue weighted by atomic mass is 9.89. The van der Waals surface area contributed by atoms with E-state index in [0.717, 1.165) is 17.6 Å². The number of nitrogens with one attached hydrogen (secondary N) is 1. The highest BCUT2D eigenvalue weighted by molar-refractivity contribution is 8.00. The van der Waals surface area contributed by atoms with Gasteiger partial charge in [0.25, 0.3) is 5.56 Å². The number of nitrogens with zero attached hydrogens (tertiary/aromatic N) is 4. The van der Waals surface area contributed by atoms with E-state index >= 15 is 0 Å². The zero-order chi connectivity index (χ0) is 23.5. The number of fused-ring (bicyclic) bond motifs is 3. The minimum absolute atomic E-state index is 0.00855. The zero-order valence-electron chi connectivity index (χ0n) is 19.3. The summed E-state index contributed by atoms with van der Waals surface area (Å²) in [4.78, 5) is 26.2. The average molecular weight is 476 g/mol. The van der Waals surface area contributed by atoms with Crippen LogP contribution in [0.1, 0.15) is 44.6 Å². The van der Waals surface area contributed by atoms with E-state index in [4.69, 9.17) is 0 Å². The number of carbonyl (C=O) groups excluding carboxylic acids is 1. The molecule has 2 aromatic carbocycles. The van der Waals surface area contributed by atoms with Crippen molar-refractivity contribution >= 4 is 34.3 Å². The number of para-hydroxylation sites is 1. The largest absolute Gasteiger partial charge is 0.355 e. The molecule has 4 aromatic rings. The Labute approximate surface area is 202 Å². The van der Waals surface area contributed by atoms with Gasteiger partial charge in [0.15, 0.2) is 5.16 Å². The van der Waals surface area contributed by atoms with Crippen LogP contribution in [0.5, 0.6) is 0 Å². The molecule has 1 N–H and O–H groups in total. The molecule has 0 saturated heterocycles. The summed E-state index contributed by atoms with van der Waals surface area (Å²) < 4.78 is 3.55. The van der Waals surface area contributed by atoms with Crippen molar-refractivity contribution in [3.63, 3.8) is 0 Å². The third-order valence-electron chi connectivity index (χ3n) is 6.60. The lowest BCUT2D eigenvalue weighted by Crippen LogP contribution is -2.35. The smallest absolute Gasteiger partial charge is 0.263 e. The second kappa shape index (κ2) is 10.0. The molecule has 0 radical (unpaired) electrons. The lowest BCUT2D eigenvalue weighted by Gasteiger charge is -2.22. The Balaban J connectivity index is 1.45. The fraction of sp³-hybridized carbons (Fsp3) is 0.385. The number of thioether (sulfide) groups is 1. The maximum Gasteiger partial charge on any atom is 0.263 e. The fourth-order valence-corrected chi connectivity index (χ4v) is 5.59. The normalized spacial score (nSPS) is 15.6. The van der Waals surface area contributed by atoms with Crippen LogP contribution >= 0.6 is 11.8 Å². The van der Waals surface area contributed by atoms with Crippen molar-refractivity contribution in [2.75, 3.05) is 6.54 Å². The maximum atomic E-state index is 13.3. The Morgan fingerprint density at radius 1 is 1.06 bits per heavy atom. The third-order valence-corrected chi connectivity index (χ3v) is 7.65. The average Bonchev–Trinajstić information content (AvgIpc) is 3.29. The van der Waals surface area contributed by atoms with Crippen molar-refractivity contribution in [1.82, 2.24) is 24.5 Å². The summed E-state index contributed by atoms with van der Waals surface area (Å²) in [7, 11) is 0. The number of rotatable bonds is 7. The van der Waals surface area contributed by atoms with Gasteiger partial charge >= 0.3 is 0 Å². The van der Waals surface area contributed by atoms with Gasteiger partial charge in [0.1, 0.15) is 0 Å². The molecule has 0 bridgehead atoms. The molecular weight excluding hydrogens is 446 g/mol. The van der Waals surface area contributed by atoms with Crippen molar-refractivity contribution in [3.8, 4) is 0 Å². The summed E-state index contributed by atoms with van der Waals surface area (Å²) in [5, 5.41) is 12.8. The standard InChI is InChI=1S/C26H29N5O2S/c1-18(23(32)27-16-19-10-4-2-5-11-19)34-26-29-28-25-30(17-20-12-6-3-7-13-20)24(33)21-14-8-9-15-22(21)31(25)26/h3,6-9,12-15,18-19H,2,4-5,10-11,16-17H2,1H3,(H,27,32)/t18-/m0/s1. The Hall–Kier alpha value is -3.13. The Kier molecular flexibility index (Phi) is 6.67. The molecule has 1 amide bonds. The maximum absolute atomic E-state index is 13.3. The van der Waals surface area contributed by atoms with Gasteiger partial charge in [-0.1, -0.05) is 73.5 Å². The number of aromatic nitrogens is 4. The van der Waals surface area contributed by atoms with Gasteiger partial charge in [-0.3, -0.25) is 18.6 Å². The molecule has 0 unspecified atom stereocenters. The van der Waals surface area contributed by atoms with Crippen molar-refractivity contribution < 1.29 is 4.79 Å². The first-order valence-electron chi connectivity index (χ1n) is 12.0. The second-order valence-corrected chi connectivity index (χ2v) is 10.3. The van der Waals surface area contributed by atoms with Gasteiger partial charge in [-0.15, -0.1) is 10.2 Å². The van der Waals surface area contributed by atoms with Crippen LogP contribution in [0.3, 0.4) is 0 Å². The van der Waals surface area contributed by atoms with E-state index in [1.807, 2.05) is 65.9 Å². The molecule has 176 valence electrons. The second-order valence-electron chi connectivity index (χ2n) is 9.02. The predicted octanol–water partition coefficient (Wildman–Crippen LogP) is 4.27. The van der Waals surface area contributed by atoms with E-state index in [0.29, 0.717) is 28.8 Å². The molecule has 7 nitrogen and oxygen atoms in total. The van der Waals surface area contributed by atoms with E-state index in [1.54, 1.807) is 4.57 Å². The summed E-state index contributed by atoms with van der Waals surface area (Å²) in [6, 6.07) is 17.3. The van der Waals surface area contributed by atoms with Crippen LogP contribution in [-0.2, 0) is 11.3 Å². The van der Waals surface area contributed by atoms with E-state index in [2.05, 4.69) is 15.5 Å². The quantitative estimate of drug-likeness (QED) is 0.404. The molecule has 2 aromatic heterocycles. The number of benzene rings is 2. The molecule has 1 aliphatic rings. The van der Waals surface area contributed by atoms with Crippen molar-refractivity contribution in [3.05, 3.63) is 70.5 Å². The van der Waals surface area contributed by atoms with Gasteiger partial charge in [-0.05, 0) is 43.4 Å². The highest BCUT2D eigenvalue weighted by Gasteiger charge is 2.22. The van der Waals surface area contributed by atoms with Gasteiger partial charge in [0, 0.05) is 6.54 Å². The molecule has 1 atom stereocenters. The monoisotopic (exact) mass is 475 g/mol. The number of hydrogen-bond acceptors (Lipinski definition) is 5. The lowest BCUT2D eigenvalue weighted by molar-refractivity contribution is -0.120. The fourth-order valence-electron chi connectivity index (χ4n) is 4.71. The molecule has 2 heterocycles. The third kappa shape index (κ3) is 4.59. The van der Waals surface area contributed by atoms with Gasteiger partial charge in [0.05, 0.1) is 22.7 Å². The summed E-state index contributed by atoms with van der Waals surface area (Å²) in [5.41, 5.74) is 1.65. The van der Waals surface area contributed by atoms with E-state index in [-0.39, 0.29) is 16.7 Å². The van der Waals surface area contributed by atoms with Crippen LogP contribution in [0.2, 0.25) is 0 Å². The first-order valence-corrected chi connectivity index (χ1v) is 12.8. The number of amides is 1. The topological polar surface area (TPSA) is 81.3 Å². The summed E-state index contributed by atoms with van der Waals surface area (Å²) in [6.45, 7) is 3.03. The Bertz CT molecular complexity index is 1360. The number of carbonyl (C=O) groups is 1. The first-order chi connectivity index (χ1) is 16.6. The van der Waals surface area contributed by atoms with Crippen LogP contribution < -0.4 is 10.9 Å². The molecule has 1 saturated carbocycles. The molecule has 8 heteroatoms. The Morgan fingerprint density at radius 3 is 2.59 bits per heavy atom. The minimum Gasteiger partial charge on any atom is -0.355 e. The molecule has 1 fully saturated rings. The van der Waals surface area contributed by atoms with Gasteiger partial charge in [-0.25, -0.2) is 0 Å². The van der Waals surface area contributed by atoms with E-state index in [1.165, 1.54) is 43.9 Å². The SMILES string of the molecule is C[C@H](Sc1nnc2n(Cc3ccccc3)c(=O)c3ccccc3n12)C(=O)NCC1CCCCC1. The number of hydrogen-bond donors (Lipinski definition) is 1. The molecule has 0 aliphatic heterocycles. The molecule has 1 aliphatic carbocycles. The van der Waals surface area contributed by atoms with Crippen LogP contribution in [0.15, 0.2) is 64.5 Å². The first kappa shape index (κ1) is 22.7. The van der Waals surface area contributed by atoms with Crippen LogP contribution in [-0.4, -0.2) is 36.9 Å². The van der Waals surface area contributed by atoms with Gasteiger partial charge in [-0.2, -0.15) is 0 Å². The zero-order valence-corrected chi connectivity index (χ0v) is 20.1. The van der Waals surface area contributed by atoms with Gasteiger partial charge < -0.3 is 5.32 Å². The molecule has 5 rings (SSSR count). The van der Waals surface area contributed by atoms with E-state index in [9.17, 15) is 9.59 Å². The van der Waals surface area contributed by atoms with E-state index < -0.39 is 0 Å².